The minimum Gasteiger partial charge on any atom is -0.258 e. The summed E-state index contributed by atoms with van der Waals surface area (Å²) in [6.45, 7) is 3.89. The second kappa shape index (κ2) is 5.80. The predicted molar refractivity (Wildman–Crippen MR) is 63.9 cm³/mol. The molecule has 1 rings (SSSR count). The highest BCUT2D eigenvalue weighted by atomic mass is 35.5. The number of aryl methyl sites for hydroxylation is 2. The van der Waals surface area contributed by atoms with Crippen molar-refractivity contribution in [1.82, 2.24) is 4.98 Å². The molecule has 0 N–H and O–H groups in total. The van der Waals surface area contributed by atoms with Crippen LogP contribution in [-0.4, -0.2) is 9.91 Å². The van der Waals surface area contributed by atoms with Crippen LogP contribution >= 0.6 is 11.6 Å². The number of nitrogens with zero attached hydrogens (tertiary/aromatic N) is 2. The first-order valence-electron chi connectivity index (χ1n) is 5.36. The molecule has 0 fully saturated rings. The van der Waals surface area contributed by atoms with E-state index < -0.39 is 4.92 Å². The maximum Gasteiger partial charge on any atom is 0.309 e. The van der Waals surface area contributed by atoms with Crippen molar-refractivity contribution in [2.75, 3.05) is 0 Å². The van der Waals surface area contributed by atoms with Crippen LogP contribution in [0.1, 0.15) is 37.4 Å². The van der Waals surface area contributed by atoms with Crippen LogP contribution in [0.25, 0.3) is 0 Å². The summed E-state index contributed by atoms with van der Waals surface area (Å²) in [6.07, 6.45) is 3.78. The first-order chi connectivity index (χ1) is 7.56. The van der Waals surface area contributed by atoms with Crippen LogP contribution in [0, 0.1) is 17.0 Å². The molecule has 4 nitrogen and oxygen atoms in total. The molecule has 0 atom stereocenters. The van der Waals surface area contributed by atoms with Gasteiger partial charge in [-0.15, -0.1) is 0 Å². The van der Waals surface area contributed by atoms with Gasteiger partial charge in [-0.25, -0.2) is 4.98 Å². The summed E-state index contributed by atoms with van der Waals surface area (Å²) in [6, 6.07) is 1.75. The standard InChI is InChI=1S/C11H15ClN2O2/c1-3-4-5-6-9-7-8(2)13-11(12)10(9)14(15)16/h7H,3-6H2,1-2H3. The van der Waals surface area contributed by atoms with Crippen molar-refractivity contribution < 1.29 is 4.92 Å². The summed E-state index contributed by atoms with van der Waals surface area (Å²) in [5.74, 6) is 0. The maximum atomic E-state index is 10.9. The topological polar surface area (TPSA) is 56.0 Å². The lowest BCUT2D eigenvalue weighted by Crippen LogP contribution is -2.00. The van der Waals surface area contributed by atoms with E-state index in [-0.39, 0.29) is 10.8 Å². The zero-order valence-corrected chi connectivity index (χ0v) is 10.3. The molecule has 0 aliphatic heterocycles. The first-order valence-corrected chi connectivity index (χ1v) is 5.74. The van der Waals surface area contributed by atoms with Crippen molar-refractivity contribution in [3.05, 3.63) is 32.6 Å². The number of aromatic nitrogens is 1. The van der Waals surface area contributed by atoms with E-state index in [0.717, 1.165) is 25.0 Å². The highest BCUT2D eigenvalue weighted by molar-refractivity contribution is 6.31. The van der Waals surface area contributed by atoms with Gasteiger partial charge in [-0.1, -0.05) is 31.4 Å². The smallest absolute Gasteiger partial charge is 0.258 e. The minimum absolute atomic E-state index is 0.00324. The van der Waals surface area contributed by atoms with Gasteiger partial charge in [-0.05, 0) is 25.8 Å². The van der Waals surface area contributed by atoms with Crippen molar-refractivity contribution in [1.29, 1.82) is 0 Å². The Morgan fingerprint density at radius 2 is 2.19 bits per heavy atom. The van der Waals surface area contributed by atoms with Gasteiger partial charge in [0.25, 0.3) is 0 Å². The van der Waals surface area contributed by atoms with Crippen molar-refractivity contribution in [2.24, 2.45) is 0 Å². The predicted octanol–water partition coefficient (Wildman–Crippen LogP) is 3.68. The molecule has 0 bridgehead atoms. The number of pyridine rings is 1. The molecule has 0 saturated heterocycles. The monoisotopic (exact) mass is 242 g/mol. The normalized spacial score (nSPS) is 10.4. The summed E-state index contributed by atoms with van der Waals surface area (Å²) in [7, 11) is 0. The van der Waals surface area contributed by atoms with Gasteiger partial charge >= 0.3 is 5.69 Å². The number of hydrogen-bond donors (Lipinski definition) is 0. The maximum absolute atomic E-state index is 10.9. The fourth-order valence-corrected chi connectivity index (χ4v) is 1.97. The lowest BCUT2D eigenvalue weighted by Gasteiger charge is -2.05. The van der Waals surface area contributed by atoms with Crippen LogP contribution in [0.4, 0.5) is 5.69 Å². The summed E-state index contributed by atoms with van der Waals surface area (Å²) in [4.78, 5) is 14.3. The summed E-state index contributed by atoms with van der Waals surface area (Å²) < 4.78 is 0. The van der Waals surface area contributed by atoms with Gasteiger partial charge in [0, 0.05) is 11.3 Å². The van der Waals surface area contributed by atoms with Gasteiger partial charge in [0.05, 0.1) is 4.92 Å². The molecule has 1 aromatic heterocycles. The zero-order chi connectivity index (χ0) is 12.1. The molecular formula is C11H15ClN2O2. The van der Waals surface area contributed by atoms with Crippen LogP contribution in [0.2, 0.25) is 5.15 Å². The molecule has 1 heterocycles. The molecule has 0 aliphatic rings. The fraction of sp³-hybridized carbons (Fsp3) is 0.545. The molecular weight excluding hydrogens is 228 g/mol. The fourth-order valence-electron chi connectivity index (χ4n) is 1.64. The molecule has 0 saturated carbocycles. The van der Waals surface area contributed by atoms with E-state index in [1.54, 1.807) is 13.0 Å². The third-order valence-electron chi connectivity index (χ3n) is 2.39. The molecule has 0 aromatic carbocycles. The lowest BCUT2D eigenvalue weighted by molar-refractivity contribution is -0.385. The Kier molecular flexibility index (Phi) is 4.68. The Labute approximate surface area is 99.8 Å². The van der Waals surface area contributed by atoms with E-state index in [0.29, 0.717) is 12.0 Å². The Balaban J connectivity index is 2.99. The first kappa shape index (κ1) is 12.9. The second-order valence-corrected chi connectivity index (χ2v) is 4.13. The Bertz CT molecular complexity index is 394. The van der Waals surface area contributed by atoms with E-state index >= 15 is 0 Å². The average Bonchev–Trinajstić information content (AvgIpc) is 2.16. The van der Waals surface area contributed by atoms with Crippen molar-refractivity contribution in [2.45, 2.75) is 39.5 Å². The summed E-state index contributed by atoms with van der Waals surface area (Å²) >= 11 is 5.79. The van der Waals surface area contributed by atoms with Crippen LogP contribution in [-0.2, 0) is 6.42 Å². The Morgan fingerprint density at radius 3 is 2.75 bits per heavy atom. The molecule has 5 heteroatoms. The van der Waals surface area contributed by atoms with E-state index in [9.17, 15) is 10.1 Å². The molecule has 0 amide bonds. The minimum atomic E-state index is -0.448. The Hall–Kier alpha value is -1.16. The summed E-state index contributed by atoms with van der Waals surface area (Å²) in [5.41, 5.74) is 1.38. The average molecular weight is 243 g/mol. The van der Waals surface area contributed by atoms with Crippen molar-refractivity contribution >= 4 is 17.3 Å². The van der Waals surface area contributed by atoms with Gasteiger partial charge in [0.15, 0.2) is 0 Å². The van der Waals surface area contributed by atoms with E-state index in [2.05, 4.69) is 11.9 Å². The molecule has 0 unspecified atom stereocenters. The van der Waals surface area contributed by atoms with E-state index in [1.807, 2.05) is 0 Å². The SMILES string of the molecule is CCCCCc1cc(C)nc(Cl)c1[N+](=O)[O-]. The Morgan fingerprint density at radius 1 is 1.50 bits per heavy atom. The van der Waals surface area contributed by atoms with E-state index in [4.69, 9.17) is 11.6 Å². The van der Waals surface area contributed by atoms with Gasteiger partial charge in [-0.2, -0.15) is 0 Å². The van der Waals surface area contributed by atoms with Crippen LogP contribution in [0.3, 0.4) is 0 Å². The van der Waals surface area contributed by atoms with Crippen LogP contribution in [0.5, 0.6) is 0 Å². The zero-order valence-electron chi connectivity index (χ0n) is 9.49. The third kappa shape index (κ3) is 3.17. The molecule has 16 heavy (non-hydrogen) atoms. The molecule has 0 spiro atoms. The van der Waals surface area contributed by atoms with Crippen LogP contribution < -0.4 is 0 Å². The van der Waals surface area contributed by atoms with Crippen molar-refractivity contribution in [3.63, 3.8) is 0 Å². The van der Waals surface area contributed by atoms with Gasteiger partial charge in [0.1, 0.15) is 0 Å². The molecule has 0 radical (unpaired) electrons. The number of rotatable bonds is 5. The lowest BCUT2D eigenvalue weighted by atomic mass is 10.1. The molecule has 0 aliphatic carbocycles. The van der Waals surface area contributed by atoms with Crippen LogP contribution in [0.15, 0.2) is 6.07 Å². The number of nitro groups is 1. The highest BCUT2D eigenvalue weighted by Crippen LogP contribution is 2.28. The number of unbranched alkanes of at least 4 members (excludes halogenated alkanes) is 2. The summed E-state index contributed by atoms with van der Waals surface area (Å²) in [5, 5.41) is 10.9. The van der Waals surface area contributed by atoms with E-state index in [1.165, 1.54) is 0 Å². The molecule has 88 valence electrons. The number of hydrogen-bond acceptors (Lipinski definition) is 3. The quantitative estimate of drug-likeness (QED) is 0.342. The van der Waals surface area contributed by atoms with Gasteiger partial charge < -0.3 is 0 Å². The second-order valence-electron chi connectivity index (χ2n) is 3.78. The van der Waals surface area contributed by atoms with Gasteiger partial charge in [-0.3, -0.25) is 10.1 Å². The number of halogens is 1. The molecule has 1 aromatic rings. The third-order valence-corrected chi connectivity index (χ3v) is 2.65. The largest absolute Gasteiger partial charge is 0.309 e. The van der Waals surface area contributed by atoms with Crippen molar-refractivity contribution in [3.8, 4) is 0 Å². The highest BCUT2D eigenvalue weighted by Gasteiger charge is 2.20. The van der Waals surface area contributed by atoms with Gasteiger partial charge in [0.2, 0.25) is 5.15 Å².